The first-order chi connectivity index (χ1) is 7.72. The second-order valence-electron chi connectivity index (χ2n) is 5.92. The SMILES string of the molecule is CN(C(=O)CC1CC1)C1CC2CCC(C1)N2. The van der Waals surface area contributed by atoms with Crippen LogP contribution < -0.4 is 5.32 Å². The summed E-state index contributed by atoms with van der Waals surface area (Å²) in [6.07, 6.45) is 8.31. The van der Waals surface area contributed by atoms with E-state index in [-0.39, 0.29) is 0 Å². The molecule has 0 aromatic heterocycles. The van der Waals surface area contributed by atoms with Crippen LogP contribution in [0.15, 0.2) is 0 Å². The van der Waals surface area contributed by atoms with Crippen LogP contribution in [0.2, 0.25) is 0 Å². The van der Waals surface area contributed by atoms with Crippen LogP contribution in [0, 0.1) is 5.92 Å². The minimum atomic E-state index is 0.383. The molecule has 0 spiro atoms. The van der Waals surface area contributed by atoms with Gasteiger partial charge in [0.1, 0.15) is 0 Å². The van der Waals surface area contributed by atoms with Gasteiger partial charge in [-0.25, -0.2) is 0 Å². The number of nitrogens with one attached hydrogen (secondary N) is 1. The molecule has 1 N–H and O–H groups in total. The zero-order valence-corrected chi connectivity index (χ0v) is 10.1. The Bertz CT molecular complexity index is 276. The van der Waals surface area contributed by atoms with E-state index in [1.54, 1.807) is 0 Å². The molecule has 2 heterocycles. The molecule has 1 amide bonds. The van der Waals surface area contributed by atoms with E-state index in [1.165, 1.54) is 38.5 Å². The topological polar surface area (TPSA) is 32.3 Å². The van der Waals surface area contributed by atoms with Gasteiger partial charge in [-0.05, 0) is 44.4 Å². The number of carbonyl (C=O) groups is 1. The second-order valence-corrected chi connectivity index (χ2v) is 5.92. The highest BCUT2D eigenvalue weighted by Crippen LogP contribution is 2.34. The van der Waals surface area contributed by atoms with E-state index in [9.17, 15) is 4.79 Å². The predicted molar refractivity (Wildman–Crippen MR) is 63.1 cm³/mol. The second kappa shape index (κ2) is 4.02. The Morgan fingerprint density at radius 1 is 1.19 bits per heavy atom. The van der Waals surface area contributed by atoms with E-state index in [4.69, 9.17) is 0 Å². The minimum Gasteiger partial charge on any atom is -0.343 e. The molecule has 3 aliphatic rings. The number of amides is 1. The largest absolute Gasteiger partial charge is 0.343 e. The molecule has 3 nitrogen and oxygen atoms in total. The Labute approximate surface area is 97.6 Å². The van der Waals surface area contributed by atoms with Crippen molar-refractivity contribution in [3.63, 3.8) is 0 Å². The van der Waals surface area contributed by atoms with Crippen molar-refractivity contribution in [2.45, 2.75) is 63.1 Å². The Morgan fingerprint density at radius 2 is 1.81 bits per heavy atom. The van der Waals surface area contributed by atoms with Crippen LogP contribution in [-0.4, -0.2) is 36.0 Å². The quantitative estimate of drug-likeness (QED) is 0.785. The van der Waals surface area contributed by atoms with Crippen molar-refractivity contribution >= 4 is 5.91 Å². The van der Waals surface area contributed by atoms with Gasteiger partial charge in [0.05, 0.1) is 0 Å². The molecule has 1 aliphatic carbocycles. The average molecular weight is 222 g/mol. The fourth-order valence-corrected chi connectivity index (χ4v) is 3.26. The molecule has 2 saturated heterocycles. The molecule has 2 atom stereocenters. The molecule has 0 aromatic rings. The van der Waals surface area contributed by atoms with Crippen LogP contribution in [-0.2, 0) is 4.79 Å². The third-order valence-electron chi connectivity index (χ3n) is 4.55. The first-order valence-electron chi connectivity index (χ1n) is 6.74. The summed E-state index contributed by atoms with van der Waals surface area (Å²) in [7, 11) is 2.01. The van der Waals surface area contributed by atoms with E-state index in [0.29, 0.717) is 30.0 Å². The van der Waals surface area contributed by atoms with Gasteiger partial charge in [-0.15, -0.1) is 0 Å². The van der Waals surface area contributed by atoms with Crippen LogP contribution in [0.25, 0.3) is 0 Å². The molecule has 16 heavy (non-hydrogen) atoms. The summed E-state index contributed by atoms with van der Waals surface area (Å²) < 4.78 is 0. The molecule has 90 valence electrons. The van der Waals surface area contributed by atoms with E-state index in [0.717, 1.165) is 6.42 Å². The highest BCUT2D eigenvalue weighted by Gasteiger charge is 2.37. The van der Waals surface area contributed by atoms with E-state index in [2.05, 4.69) is 5.32 Å². The van der Waals surface area contributed by atoms with Crippen molar-refractivity contribution in [3.05, 3.63) is 0 Å². The molecule has 2 bridgehead atoms. The van der Waals surface area contributed by atoms with Gasteiger partial charge in [-0.2, -0.15) is 0 Å². The van der Waals surface area contributed by atoms with Gasteiger partial charge < -0.3 is 10.2 Å². The van der Waals surface area contributed by atoms with Gasteiger partial charge in [-0.3, -0.25) is 4.79 Å². The zero-order chi connectivity index (χ0) is 11.1. The molecule has 0 radical (unpaired) electrons. The van der Waals surface area contributed by atoms with E-state index >= 15 is 0 Å². The third kappa shape index (κ3) is 2.10. The molecule has 0 aromatic carbocycles. The maximum Gasteiger partial charge on any atom is 0.222 e. The smallest absolute Gasteiger partial charge is 0.222 e. The van der Waals surface area contributed by atoms with Gasteiger partial charge in [-0.1, -0.05) is 0 Å². The number of piperidine rings is 1. The fourth-order valence-electron chi connectivity index (χ4n) is 3.26. The Kier molecular flexibility index (Phi) is 2.66. The lowest BCUT2D eigenvalue weighted by atomic mass is 9.98. The van der Waals surface area contributed by atoms with Gasteiger partial charge >= 0.3 is 0 Å². The third-order valence-corrected chi connectivity index (χ3v) is 4.55. The molecular formula is C13H22N2O. The lowest BCUT2D eigenvalue weighted by Gasteiger charge is -2.35. The predicted octanol–water partition coefficient (Wildman–Crippen LogP) is 1.53. The summed E-state index contributed by atoms with van der Waals surface area (Å²) in [5.41, 5.74) is 0. The first-order valence-corrected chi connectivity index (χ1v) is 6.74. The lowest BCUT2D eigenvalue weighted by Crippen LogP contribution is -2.48. The van der Waals surface area contributed by atoms with Crippen LogP contribution >= 0.6 is 0 Å². The van der Waals surface area contributed by atoms with Crippen LogP contribution in [0.3, 0.4) is 0 Å². The molecular weight excluding hydrogens is 200 g/mol. The lowest BCUT2D eigenvalue weighted by molar-refractivity contribution is -0.133. The molecule has 3 rings (SSSR count). The summed E-state index contributed by atoms with van der Waals surface area (Å²) in [6.45, 7) is 0. The summed E-state index contributed by atoms with van der Waals surface area (Å²) >= 11 is 0. The van der Waals surface area contributed by atoms with Crippen LogP contribution in [0.5, 0.6) is 0 Å². The average Bonchev–Trinajstić information content (AvgIpc) is 3.03. The minimum absolute atomic E-state index is 0.383. The molecule has 2 aliphatic heterocycles. The van der Waals surface area contributed by atoms with Crippen molar-refractivity contribution in [2.75, 3.05) is 7.05 Å². The van der Waals surface area contributed by atoms with Crippen molar-refractivity contribution in [1.82, 2.24) is 10.2 Å². The normalized spacial score (nSPS) is 37.4. The van der Waals surface area contributed by atoms with Gasteiger partial charge in [0.2, 0.25) is 5.91 Å². The van der Waals surface area contributed by atoms with Crippen LogP contribution in [0.4, 0.5) is 0 Å². The standard InChI is InChI=1S/C13H22N2O/c1-15(13(16)6-9-2-3-9)12-7-10-4-5-11(8-12)14-10/h9-12,14H,2-8H2,1H3. The summed E-state index contributed by atoms with van der Waals surface area (Å²) in [6, 6.07) is 1.87. The molecule has 1 saturated carbocycles. The van der Waals surface area contributed by atoms with Gasteiger partial charge in [0.15, 0.2) is 0 Å². The monoisotopic (exact) mass is 222 g/mol. The highest BCUT2D eigenvalue weighted by molar-refractivity contribution is 5.76. The number of rotatable bonds is 3. The van der Waals surface area contributed by atoms with Gasteiger partial charge in [0.25, 0.3) is 0 Å². The zero-order valence-electron chi connectivity index (χ0n) is 10.1. The van der Waals surface area contributed by atoms with Gasteiger partial charge in [0, 0.05) is 31.6 Å². The Morgan fingerprint density at radius 3 is 2.38 bits per heavy atom. The first kappa shape index (κ1) is 10.6. The van der Waals surface area contributed by atoms with E-state index in [1.807, 2.05) is 11.9 Å². The number of fused-ring (bicyclic) bond motifs is 2. The van der Waals surface area contributed by atoms with E-state index < -0.39 is 0 Å². The van der Waals surface area contributed by atoms with Crippen molar-refractivity contribution < 1.29 is 4.79 Å². The number of hydrogen-bond acceptors (Lipinski definition) is 2. The fraction of sp³-hybridized carbons (Fsp3) is 0.923. The maximum atomic E-state index is 12.0. The van der Waals surface area contributed by atoms with Crippen molar-refractivity contribution in [2.24, 2.45) is 5.92 Å². The molecule has 3 fully saturated rings. The van der Waals surface area contributed by atoms with Crippen molar-refractivity contribution in [1.29, 1.82) is 0 Å². The van der Waals surface area contributed by atoms with Crippen LogP contribution in [0.1, 0.15) is 44.9 Å². The summed E-state index contributed by atoms with van der Waals surface area (Å²) in [5, 5.41) is 3.63. The summed E-state index contributed by atoms with van der Waals surface area (Å²) in [5.74, 6) is 1.10. The maximum absolute atomic E-state index is 12.0. The number of hydrogen-bond donors (Lipinski definition) is 1. The number of carbonyl (C=O) groups excluding carboxylic acids is 1. The highest BCUT2D eigenvalue weighted by atomic mass is 16.2. The number of nitrogens with zero attached hydrogens (tertiary/aromatic N) is 1. The Hall–Kier alpha value is -0.570. The summed E-state index contributed by atoms with van der Waals surface area (Å²) in [4.78, 5) is 14.1. The molecule has 3 heteroatoms. The van der Waals surface area contributed by atoms with Crippen molar-refractivity contribution in [3.8, 4) is 0 Å². The Balaban J connectivity index is 1.56. The molecule has 2 unspecified atom stereocenters.